The summed E-state index contributed by atoms with van der Waals surface area (Å²) < 4.78 is 1.64. The summed E-state index contributed by atoms with van der Waals surface area (Å²) in [6.45, 7) is 0. The SMILES string of the molecule is Cn1cc(CC(=O)C2CCCc3sccc32)nn1. The second kappa shape index (κ2) is 4.65. The van der Waals surface area contributed by atoms with Gasteiger partial charge >= 0.3 is 0 Å². The zero-order valence-corrected chi connectivity index (χ0v) is 11.1. The molecule has 0 saturated heterocycles. The third-order valence-corrected chi connectivity index (χ3v) is 4.44. The number of nitrogens with zero attached hydrogens (tertiary/aromatic N) is 3. The normalized spacial score (nSPS) is 18.6. The quantitative estimate of drug-likeness (QED) is 0.850. The lowest BCUT2D eigenvalue weighted by Gasteiger charge is -2.20. The molecule has 0 N–H and O–H groups in total. The van der Waals surface area contributed by atoms with E-state index in [2.05, 4.69) is 21.8 Å². The lowest BCUT2D eigenvalue weighted by atomic mass is 9.83. The van der Waals surface area contributed by atoms with Crippen LogP contribution in [-0.4, -0.2) is 20.8 Å². The van der Waals surface area contributed by atoms with E-state index in [1.54, 1.807) is 16.0 Å². The van der Waals surface area contributed by atoms with E-state index in [1.807, 2.05) is 13.2 Å². The van der Waals surface area contributed by atoms with Gasteiger partial charge in [0.15, 0.2) is 0 Å². The molecule has 0 fully saturated rings. The van der Waals surface area contributed by atoms with E-state index < -0.39 is 0 Å². The maximum absolute atomic E-state index is 12.4. The molecule has 2 aromatic heterocycles. The Kier molecular flexibility index (Phi) is 2.99. The van der Waals surface area contributed by atoms with Crippen molar-refractivity contribution in [1.29, 1.82) is 0 Å². The van der Waals surface area contributed by atoms with E-state index in [1.165, 1.54) is 10.4 Å². The Morgan fingerprint density at radius 2 is 2.50 bits per heavy atom. The first-order chi connectivity index (χ1) is 8.74. The number of hydrogen-bond donors (Lipinski definition) is 0. The summed E-state index contributed by atoms with van der Waals surface area (Å²) in [5.41, 5.74) is 2.02. The van der Waals surface area contributed by atoms with Crippen molar-refractivity contribution in [2.45, 2.75) is 31.6 Å². The van der Waals surface area contributed by atoms with Crippen molar-refractivity contribution in [3.8, 4) is 0 Å². The highest BCUT2D eigenvalue weighted by Gasteiger charge is 2.27. The Balaban J connectivity index is 1.78. The number of Topliss-reactive ketones (excluding diaryl/α,β-unsaturated/α-hetero) is 1. The predicted octanol–water partition coefficient (Wildman–Crippen LogP) is 2.11. The van der Waals surface area contributed by atoms with Crippen molar-refractivity contribution in [3.05, 3.63) is 33.8 Å². The molecule has 0 amide bonds. The topological polar surface area (TPSA) is 47.8 Å². The van der Waals surface area contributed by atoms with E-state index in [-0.39, 0.29) is 11.7 Å². The highest BCUT2D eigenvalue weighted by molar-refractivity contribution is 7.10. The molecule has 0 aliphatic heterocycles. The number of hydrogen-bond acceptors (Lipinski definition) is 4. The lowest BCUT2D eigenvalue weighted by Crippen LogP contribution is -2.19. The Morgan fingerprint density at radius 1 is 1.61 bits per heavy atom. The average Bonchev–Trinajstić information content (AvgIpc) is 2.97. The van der Waals surface area contributed by atoms with Gasteiger partial charge in [-0.3, -0.25) is 9.48 Å². The van der Waals surface area contributed by atoms with Crippen molar-refractivity contribution in [2.24, 2.45) is 7.05 Å². The molecule has 1 aliphatic rings. The van der Waals surface area contributed by atoms with E-state index in [0.717, 1.165) is 25.0 Å². The van der Waals surface area contributed by atoms with Crippen LogP contribution in [0.4, 0.5) is 0 Å². The van der Waals surface area contributed by atoms with Gasteiger partial charge in [0.05, 0.1) is 12.1 Å². The van der Waals surface area contributed by atoms with Crippen LogP contribution in [0.3, 0.4) is 0 Å². The van der Waals surface area contributed by atoms with Crippen molar-refractivity contribution in [1.82, 2.24) is 15.0 Å². The summed E-state index contributed by atoms with van der Waals surface area (Å²) in [5.74, 6) is 0.344. The van der Waals surface area contributed by atoms with Gasteiger partial charge in [-0.1, -0.05) is 5.21 Å². The van der Waals surface area contributed by atoms with Gasteiger partial charge in [0, 0.05) is 24.0 Å². The van der Waals surface area contributed by atoms with Crippen LogP contribution < -0.4 is 0 Å². The van der Waals surface area contributed by atoms with E-state index in [9.17, 15) is 4.79 Å². The highest BCUT2D eigenvalue weighted by atomic mass is 32.1. The average molecular weight is 261 g/mol. The van der Waals surface area contributed by atoms with Gasteiger partial charge in [0.2, 0.25) is 0 Å². The second-order valence-corrected chi connectivity index (χ2v) is 5.77. The summed E-state index contributed by atoms with van der Waals surface area (Å²) in [6, 6.07) is 2.11. The van der Waals surface area contributed by atoms with E-state index >= 15 is 0 Å². The predicted molar refractivity (Wildman–Crippen MR) is 69.7 cm³/mol. The van der Waals surface area contributed by atoms with Gasteiger partial charge in [-0.25, -0.2) is 0 Å². The number of fused-ring (bicyclic) bond motifs is 1. The van der Waals surface area contributed by atoms with Crippen molar-refractivity contribution < 1.29 is 4.79 Å². The van der Waals surface area contributed by atoms with Crippen LogP contribution in [0.25, 0.3) is 0 Å². The number of aromatic nitrogens is 3. The van der Waals surface area contributed by atoms with Crippen molar-refractivity contribution in [3.63, 3.8) is 0 Å². The summed E-state index contributed by atoms with van der Waals surface area (Å²) in [4.78, 5) is 13.8. The zero-order chi connectivity index (χ0) is 12.5. The molecule has 0 aromatic carbocycles. The molecule has 2 aromatic rings. The molecule has 1 atom stereocenters. The Hall–Kier alpha value is -1.49. The van der Waals surface area contributed by atoms with Gasteiger partial charge < -0.3 is 0 Å². The minimum absolute atomic E-state index is 0.0713. The van der Waals surface area contributed by atoms with Gasteiger partial charge in [-0.2, -0.15) is 0 Å². The number of aryl methyl sites for hydroxylation is 2. The first-order valence-electron chi connectivity index (χ1n) is 6.18. The molecule has 94 valence electrons. The summed E-state index contributed by atoms with van der Waals surface area (Å²) in [6.07, 6.45) is 5.43. The maximum Gasteiger partial charge on any atom is 0.146 e. The van der Waals surface area contributed by atoms with Crippen molar-refractivity contribution in [2.75, 3.05) is 0 Å². The fraction of sp³-hybridized carbons (Fsp3) is 0.462. The highest BCUT2D eigenvalue weighted by Crippen LogP contribution is 2.35. The largest absolute Gasteiger partial charge is 0.299 e. The van der Waals surface area contributed by atoms with Crippen LogP contribution in [0.15, 0.2) is 17.6 Å². The van der Waals surface area contributed by atoms with Gasteiger partial charge in [0.1, 0.15) is 5.78 Å². The molecule has 1 unspecified atom stereocenters. The first-order valence-corrected chi connectivity index (χ1v) is 7.06. The molecular formula is C13H15N3OS. The Labute approximate surface area is 110 Å². The maximum atomic E-state index is 12.4. The van der Waals surface area contributed by atoms with Crippen molar-refractivity contribution >= 4 is 17.1 Å². The Morgan fingerprint density at radius 3 is 3.28 bits per heavy atom. The van der Waals surface area contributed by atoms with Gasteiger partial charge in [-0.05, 0) is 36.3 Å². The number of carbonyl (C=O) groups is 1. The summed E-state index contributed by atoms with van der Waals surface area (Å²) >= 11 is 1.77. The standard InChI is InChI=1S/C13H15N3OS/c1-16-8-9(14-15-16)7-12(17)10-3-2-4-13-11(10)5-6-18-13/h5-6,8,10H,2-4,7H2,1H3. The first kappa shape index (κ1) is 11.6. The van der Waals surface area contributed by atoms with Gasteiger partial charge in [-0.15, -0.1) is 16.4 Å². The summed E-state index contributed by atoms with van der Waals surface area (Å²) in [5, 5.41) is 9.95. The molecular weight excluding hydrogens is 246 g/mol. The Bertz CT molecular complexity index is 572. The molecule has 1 aliphatic carbocycles. The van der Waals surface area contributed by atoms with Crippen LogP contribution in [-0.2, 0) is 24.7 Å². The minimum Gasteiger partial charge on any atom is -0.299 e. The zero-order valence-electron chi connectivity index (χ0n) is 10.3. The second-order valence-electron chi connectivity index (χ2n) is 4.77. The van der Waals surface area contributed by atoms with Crippen LogP contribution in [0.2, 0.25) is 0 Å². The van der Waals surface area contributed by atoms with Crippen LogP contribution in [0, 0.1) is 0 Å². The lowest BCUT2D eigenvalue weighted by molar-refractivity contribution is -0.120. The number of rotatable bonds is 3. The molecule has 3 rings (SSSR count). The smallest absolute Gasteiger partial charge is 0.146 e. The van der Waals surface area contributed by atoms with Crippen LogP contribution >= 0.6 is 11.3 Å². The number of ketones is 1. The molecule has 0 radical (unpaired) electrons. The third kappa shape index (κ3) is 2.10. The molecule has 4 nitrogen and oxygen atoms in total. The molecule has 18 heavy (non-hydrogen) atoms. The van der Waals surface area contributed by atoms with E-state index in [0.29, 0.717) is 6.42 Å². The fourth-order valence-corrected chi connectivity index (χ4v) is 3.59. The molecule has 0 bridgehead atoms. The number of thiophene rings is 1. The monoisotopic (exact) mass is 261 g/mol. The van der Waals surface area contributed by atoms with Crippen LogP contribution in [0.1, 0.15) is 34.9 Å². The number of carbonyl (C=O) groups excluding carboxylic acids is 1. The van der Waals surface area contributed by atoms with Crippen LogP contribution in [0.5, 0.6) is 0 Å². The fourth-order valence-electron chi connectivity index (χ4n) is 2.60. The van der Waals surface area contributed by atoms with Gasteiger partial charge in [0.25, 0.3) is 0 Å². The molecule has 5 heteroatoms. The molecule has 0 saturated carbocycles. The molecule has 2 heterocycles. The molecule has 0 spiro atoms. The minimum atomic E-state index is 0.0713. The summed E-state index contributed by atoms with van der Waals surface area (Å²) in [7, 11) is 1.82. The van der Waals surface area contributed by atoms with E-state index in [4.69, 9.17) is 0 Å². The third-order valence-electron chi connectivity index (χ3n) is 3.45.